The van der Waals surface area contributed by atoms with Crippen molar-refractivity contribution in [3.8, 4) is 0 Å². The van der Waals surface area contributed by atoms with Crippen molar-refractivity contribution < 1.29 is 24.6 Å². The molecule has 8 heteroatoms. The number of ether oxygens (including phenoxy) is 1. The molecule has 1 amide bonds. The molecule has 0 saturated heterocycles. The Morgan fingerprint density at radius 3 is 2.68 bits per heavy atom. The molecule has 154 valence electrons. The zero-order valence-electron chi connectivity index (χ0n) is 17.0. The summed E-state index contributed by atoms with van der Waals surface area (Å²) in [4.78, 5) is 21.6. The van der Waals surface area contributed by atoms with Crippen LogP contribution in [0.25, 0.3) is 0 Å². The molecule has 8 nitrogen and oxygen atoms in total. The lowest BCUT2D eigenvalue weighted by Crippen LogP contribution is -2.46. The minimum Gasteiger partial charge on any atom is -0.390 e. The Hall–Kier alpha value is -2.29. The molecular weight excluding hydrogens is 362 g/mol. The second-order valence-corrected chi connectivity index (χ2v) is 7.86. The van der Waals surface area contributed by atoms with Crippen molar-refractivity contribution in [2.75, 3.05) is 19.0 Å². The molecule has 28 heavy (non-hydrogen) atoms. The molecule has 3 N–H and O–H groups in total. The van der Waals surface area contributed by atoms with E-state index in [9.17, 15) is 15.0 Å². The summed E-state index contributed by atoms with van der Waals surface area (Å²) in [6.07, 6.45) is -0.325. The van der Waals surface area contributed by atoms with E-state index >= 15 is 0 Å². The fraction of sp³-hybridized carbons (Fsp3) is 0.550. The summed E-state index contributed by atoms with van der Waals surface area (Å²) in [6.45, 7) is 6.83. The lowest BCUT2D eigenvalue weighted by atomic mass is 9.83. The van der Waals surface area contributed by atoms with E-state index in [1.807, 2.05) is 33.1 Å². The topological polar surface area (TPSA) is 113 Å². The minimum absolute atomic E-state index is 0.129. The summed E-state index contributed by atoms with van der Waals surface area (Å²) in [5.74, 6) is -0.402. The van der Waals surface area contributed by atoms with Crippen molar-refractivity contribution in [1.29, 1.82) is 0 Å². The molecular formula is C20H29N3O5. The molecule has 0 unspecified atom stereocenters. The number of methoxy groups -OCH3 is 1. The Kier molecular flexibility index (Phi) is 7.29. The Labute approximate surface area is 165 Å². The van der Waals surface area contributed by atoms with Crippen LogP contribution < -0.4 is 5.32 Å². The van der Waals surface area contributed by atoms with Crippen LogP contribution in [-0.2, 0) is 20.8 Å². The van der Waals surface area contributed by atoms with E-state index in [0.29, 0.717) is 5.69 Å². The van der Waals surface area contributed by atoms with E-state index in [-0.39, 0.29) is 12.3 Å². The number of carbonyl (C=O) groups excluding carboxylic acids is 1. The number of nitrogens with one attached hydrogen (secondary N) is 1. The molecule has 0 bridgehead atoms. The smallest absolute Gasteiger partial charge is 0.265 e. The average molecular weight is 391 g/mol. The number of aliphatic imine (C=N–C) groups is 1. The highest BCUT2D eigenvalue weighted by Gasteiger charge is 2.35. The number of aliphatic hydroxyl groups is 2. The summed E-state index contributed by atoms with van der Waals surface area (Å²) in [7, 11) is 1.49. The third-order valence-electron chi connectivity index (χ3n) is 4.33. The van der Waals surface area contributed by atoms with E-state index in [2.05, 4.69) is 15.5 Å². The summed E-state index contributed by atoms with van der Waals surface area (Å²) in [6, 6.07) is 5.52. The molecule has 0 fully saturated rings. The van der Waals surface area contributed by atoms with Crippen LogP contribution in [0.4, 0.5) is 11.4 Å². The molecule has 3 atom stereocenters. The summed E-state index contributed by atoms with van der Waals surface area (Å²) in [5, 5.41) is 26.7. The molecule has 0 saturated carbocycles. The predicted octanol–water partition coefficient (Wildman–Crippen LogP) is 2.06. The van der Waals surface area contributed by atoms with Crippen LogP contribution in [0.5, 0.6) is 0 Å². The average Bonchev–Trinajstić information content (AvgIpc) is 3.06. The number of carbonyl (C=O) groups is 1. The van der Waals surface area contributed by atoms with Gasteiger partial charge in [0.25, 0.3) is 5.91 Å². The number of oxime groups is 1. The third-order valence-corrected chi connectivity index (χ3v) is 4.33. The second kappa shape index (κ2) is 9.27. The number of benzene rings is 1. The van der Waals surface area contributed by atoms with E-state index in [0.717, 1.165) is 17.7 Å². The highest BCUT2D eigenvalue weighted by Crippen LogP contribution is 2.27. The maximum absolute atomic E-state index is 12.1. The van der Waals surface area contributed by atoms with Gasteiger partial charge in [0.1, 0.15) is 17.9 Å². The van der Waals surface area contributed by atoms with Gasteiger partial charge in [-0.15, -0.1) is 0 Å². The van der Waals surface area contributed by atoms with Crippen LogP contribution in [0.15, 0.2) is 28.3 Å². The Bertz CT molecular complexity index is 753. The highest BCUT2D eigenvalue weighted by molar-refractivity contribution is 5.94. The number of rotatable bonds is 8. The molecule has 1 aromatic carbocycles. The summed E-state index contributed by atoms with van der Waals surface area (Å²) in [5.41, 5.74) is 2.30. The zero-order valence-corrected chi connectivity index (χ0v) is 17.0. The lowest BCUT2D eigenvalue weighted by Gasteiger charge is -2.32. The van der Waals surface area contributed by atoms with Crippen LogP contribution in [0.1, 0.15) is 33.3 Å². The quantitative estimate of drug-likeness (QED) is 0.464. The molecule has 1 heterocycles. The van der Waals surface area contributed by atoms with Gasteiger partial charge < -0.3 is 25.1 Å². The van der Waals surface area contributed by atoms with Gasteiger partial charge in [0.15, 0.2) is 6.61 Å². The maximum atomic E-state index is 12.1. The largest absolute Gasteiger partial charge is 0.390 e. The first-order valence-electron chi connectivity index (χ1n) is 9.17. The van der Waals surface area contributed by atoms with E-state index in [1.54, 1.807) is 12.1 Å². The maximum Gasteiger partial charge on any atom is 0.265 e. The number of fused-ring (bicyclic) bond motifs is 1. The number of nitrogens with zero attached hydrogens (tertiary/aromatic N) is 2. The predicted molar refractivity (Wildman–Crippen MR) is 108 cm³/mol. The number of anilines is 1. The van der Waals surface area contributed by atoms with Gasteiger partial charge >= 0.3 is 0 Å². The molecule has 1 aliphatic heterocycles. The first kappa shape index (κ1) is 22.0. The first-order chi connectivity index (χ1) is 13.1. The van der Waals surface area contributed by atoms with Crippen LogP contribution >= 0.6 is 0 Å². The van der Waals surface area contributed by atoms with Crippen LogP contribution in [-0.4, -0.2) is 60.1 Å². The number of hydrogen-bond acceptors (Lipinski definition) is 7. The van der Waals surface area contributed by atoms with Gasteiger partial charge in [-0.3, -0.25) is 9.79 Å². The molecule has 1 aromatic rings. The van der Waals surface area contributed by atoms with Crippen LogP contribution in [0, 0.1) is 5.41 Å². The van der Waals surface area contributed by atoms with Crippen molar-refractivity contribution in [2.45, 2.75) is 52.4 Å². The minimum atomic E-state index is -1.28. The molecule has 0 aliphatic carbocycles. The van der Waals surface area contributed by atoms with Gasteiger partial charge in [0, 0.05) is 25.4 Å². The SMILES string of the molecule is CO[C@H](/C(=N/OCC(=O)Nc1ccc2c(c1)N=CC2)[C@@H](O)[C@@H](C)O)C(C)(C)C. The molecule has 1 aliphatic rings. The van der Waals surface area contributed by atoms with Crippen molar-refractivity contribution in [3.05, 3.63) is 23.8 Å². The van der Waals surface area contributed by atoms with Gasteiger partial charge in [-0.2, -0.15) is 0 Å². The summed E-state index contributed by atoms with van der Waals surface area (Å²) >= 11 is 0. The normalized spacial score (nSPS) is 17.0. The van der Waals surface area contributed by atoms with Crippen LogP contribution in [0.2, 0.25) is 0 Å². The van der Waals surface area contributed by atoms with Crippen LogP contribution in [0.3, 0.4) is 0 Å². The van der Waals surface area contributed by atoms with Gasteiger partial charge in [-0.25, -0.2) is 0 Å². The molecule has 0 aromatic heterocycles. The van der Waals surface area contributed by atoms with Gasteiger partial charge in [-0.05, 0) is 30.0 Å². The van der Waals surface area contributed by atoms with E-state index in [4.69, 9.17) is 9.57 Å². The standard InChI is InChI=1S/C20H29N3O5/c1-12(24)18(26)17(19(27-5)20(2,3)4)23-28-11-16(25)22-14-7-6-13-8-9-21-15(13)10-14/h6-7,9-10,12,18-19,24,26H,8,11H2,1-5H3,(H,22,25)/b23-17+/t12-,18+,19-/m1/s1. The number of hydrogen-bond donors (Lipinski definition) is 3. The lowest BCUT2D eigenvalue weighted by molar-refractivity contribution is -0.120. The number of aliphatic hydroxyl groups excluding tert-OH is 2. The fourth-order valence-corrected chi connectivity index (χ4v) is 2.96. The third kappa shape index (κ3) is 5.60. The van der Waals surface area contributed by atoms with Gasteiger partial charge in [-0.1, -0.05) is 32.0 Å². The second-order valence-electron chi connectivity index (χ2n) is 7.86. The zero-order chi connectivity index (χ0) is 20.9. The highest BCUT2D eigenvalue weighted by atomic mass is 16.6. The van der Waals surface area contributed by atoms with E-state index < -0.39 is 29.6 Å². The van der Waals surface area contributed by atoms with Crippen molar-refractivity contribution in [2.24, 2.45) is 15.6 Å². The molecule has 0 spiro atoms. The van der Waals surface area contributed by atoms with Gasteiger partial charge in [0.2, 0.25) is 0 Å². The van der Waals surface area contributed by atoms with Gasteiger partial charge in [0.05, 0.1) is 11.8 Å². The van der Waals surface area contributed by atoms with Crippen molar-refractivity contribution >= 4 is 29.2 Å². The summed E-state index contributed by atoms with van der Waals surface area (Å²) < 4.78 is 5.45. The Morgan fingerprint density at radius 2 is 2.07 bits per heavy atom. The van der Waals surface area contributed by atoms with Crippen molar-refractivity contribution in [1.82, 2.24) is 0 Å². The Balaban J connectivity index is 2.03. The molecule has 2 rings (SSSR count). The Morgan fingerprint density at radius 1 is 1.36 bits per heavy atom. The molecule has 0 radical (unpaired) electrons. The monoisotopic (exact) mass is 391 g/mol. The van der Waals surface area contributed by atoms with Crippen molar-refractivity contribution in [3.63, 3.8) is 0 Å². The fourth-order valence-electron chi connectivity index (χ4n) is 2.96. The van der Waals surface area contributed by atoms with E-state index in [1.165, 1.54) is 14.0 Å². The first-order valence-corrected chi connectivity index (χ1v) is 9.17. The number of amides is 1.